The molecule has 2 bridgehead atoms. The maximum Gasteiger partial charge on any atom is 0.239 e. The molecule has 0 aromatic heterocycles. The zero-order valence-corrected chi connectivity index (χ0v) is 9.86. The number of hydrogen-bond acceptors (Lipinski definition) is 2. The molecule has 3 saturated carbocycles. The van der Waals surface area contributed by atoms with Gasteiger partial charge in [-0.3, -0.25) is 4.79 Å². The highest BCUT2D eigenvalue weighted by Crippen LogP contribution is 2.65. The summed E-state index contributed by atoms with van der Waals surface area (Å²) in [7, 11) is 1.92. The van der Waals surface area contributed by atoms with Gasteiger partial charge in [0.05, 0.1) is 6.04 Å². The van der Waals surface area contributed by atoms with Gasteiger partial charge in [0.15, 0.2) is 0 Å². The second-order valence-corrected chi connectivity index (χ2v) is 6.28. The van der Waals surface area contributed by atoms with E-state index in [1.165, 1.54) is 19.3 Å². The Kier molecular flexibility index (Phi) is 1.78. The molecule has 1 aliphatic heterocycles. The second kappa shape index (κ2) is 3.00. The topological polar surface area (TPSA) is 32.3 Å². The molecule has 1 saturated heterocycles. The predicted octanol–water partition coefficient (Wildman–Crippen LogP) is 0.851. The van der Waals surface area contributed by atoms with Crippen molar-refractivity contribution in [2.75, 3.05) is 13.6 Å². The molecule has 3 heteroatoms. The average molecular weight is 220 g/mol. The van der Waals surface area contributed by atoms with E-state index >= 15 is 0 Å². The molecule has 5 unspecified atom stereocenters. The number of fused-ring (bicyclic) bond motifs is 5. The van der Waals surface area contributed by atoms with Gasteiger partial charge in [-0.1, -0.05) is 0 Å². The van der Waals surface area contributed by atoms with E-state index in [4.69, 9.17) is 0 Å². The molecular formula is C13H20N2O. The van der Waals surface area contributed by atoms with E-state index in [0.29, 0.717) is 11.9 Å². The van der Waals surface area contributed by atoms with Crippen LogP contribution < -0.4 is 5.32 Å². The van der Waals surface area contributed by atoms with E-state index in [9.17, 15) is 4.79 Å². The Morgan fingerprint density at radius 2 is 1.88 bits per heavy atom. The summed E-state index contributed by atoms with van der Waals surface area (Å²) in [5.41, 5.74) is 0. The van der Waals surface area contributed by atoms with Crippen LogP contribution in [0.15, 0.2) is 0 Å². The van der Waals surface area contributed by atoms with E-state index in [-0.39, 0.29) is 6.04 Å². The van der Waals surface area contributed by atoms with Crippen molar-refractivity contribution in [3.8, 4) is 0 Å². The lowest BCUT2D eigenvalue weighted by molar-refractivity contribution is -0.128. The van der Waals surface area contributed by atoms with Gasteiger partial charge >= 0.3 is 0 Å². The van der Waals surface area contributed by atoms with E-state index < -0.39 is 0 Å². The molecule has 0 radical (unpaired) electrons. The van der Waals surface area contributed by atoms with Crippen molar-refractivity contribution in [1.29, 1.82) is 0 Å². The molecule has 0 spiro atoms. The summed E-state index contributed by atoms with van der Waals surface area (Å²) in [6.07, 6.45) is 5.43. The van der Waals surface area contributed by atoms with E-state index in [0.717, 1.165) is 36.6 Å². The first-order chi connectivity index (χ1) is 7.75. The summed E-state index contributed by atoms with van der Waals surface area (Å²) in [6.45, 7) is 0.936. The number of amides is 1. The fourth-order valence-electron chi connectivity index (χ4n) is 4.76. The summed E-state index contributed by atoms with van der Waals surface area (Å²) in [5.74, 6) is 4.20. The predicted molar refractivity (Wildman–Crippen MR) is 60.8 cm³/mol. The van der Waals surface area contributed by atoms with E-state index in [2.05, 4.69) is 5.32 Å². The zero-order chi connectivity index (χ0) is 10.9. The number of carbonyl (C=O) groups excluding carboxylic acids is 1. The Morgan fingerprint density at radius 1 is 1.19 bits per heavy atom. The highest BCUT2D eigenvalue weighted by molar-refractivity contribution is 5.83. The van der Waals surface area contributed by atoms with Crippen LogP contribution in [0.4, 0.5) is 0 Å². The smallest absolute Gasteiger partial charge is 0.239 e. The number of rotatable bonds is 2. The van der Waals surface area contributed by atoms with Crippen molar-refractivity contribution in [2.24, 2.45) is 23.7 Å². The minimum atomic E-state index is 0.139. The van der Waals surface area contributed by atoms with Gasteiger partial charge in [0, 0.05) is 19.6 Å². The molecule has 16 heavy (non-hydrogen) atoms. The van der Waals surface area contributed by atoms with Gasteiger partial charge in [-0.05, 0) is 49.4 Å². The van der Waals surface area contributed by atoms with Crippen LogP contribution in [-0.4, -0.2) is 36.5 Å². The molecule has 3 nitrogen and oxygen atoms in total. The van der Waals surface area contributed by atoms with Crippen LogP contribution in [0.5, 0.6) is 0 Å². The second-order valence-electron chi connectivity index (χ2n) is 6.28. The Morgan fingerprint density at radius 3 is 2.44 bits per heavy atom. The first-order valence-corrected chi connectivity index (χ1v) is 6.77. The largest absolute Gasteiger partial charge is 0.344 e. The SMILES string of the molecule is CN1CCC(NC2C3C4CCC(C4)C23)C1=O. The summed E-state index contributed by atoms with van der Waals surface area (Å²) >= 11 is 0. The highest BCUT2D eigenvalue weighted by atomic mass is 16.2. The third kappa shape index (κ3) is 1.10. The molecule has 88 valence electrons. The van der Waals surface area contributed by atoms with Crippen LogP contribution in [0.25, 0.3) is 0 Å². The lowest BCUT2D eigenvalue weighted by Gasteiger charge is -2.15. The molecule has 5 atom stereocenters. The van der Waals surface area contributed by atoms with Crippen LogP contribution >= 0.6 is 0 Å². The van der Waals surface area contributed by atoms with E-state index in [1.54, 1.807) is 0 Å². The number of likely N-dealkylation sites (N-methyl/N-ethyl adjacent to an activating group) is 1. The van der Waals surface area contributed by atoms with Gasteiger partial charge in [-0.25, -0.2) is 0 Å². The van der Waals surface area contributed by atoms with Crippen LogP contribution in [0, 0.1) is 23.7 Å². The average Bonchev–Trinajstić information content (AvgIpc) is 2.65. The minimum absolute atomic E-state index is 0.139. The van der Waals surface area contributed by atoms with Gasteiger partial charge in [0.25, 0.3) is 0 Å². The van der Waals surface area contributed by atoms with E-state index in [1.807, 2.05) is 11.9 Å². The fraction of sp³-hybridized carbons (Fsp3) is 0.923. The Balaban J connectivity index is 1.42. The zero-order valence-electron chi connectivity index (χ0n) is 9.86. The Bertz CT molecular complexity index is 327. The number of nitrogens with zero attached hydrogens (tertiary/aromatic N) is 1. The fourth-order valence-corrected chi connectivity index (χ4v) is 4.76. The molecule has 1 heterocycles. The van der Waals surface area contributed by atoms with Crippen LogP contribution in [0.3, 0.4) is 0 Å². The quantitative estimate of drug-likeness (QED) is 0.748. The molecule has 4 aliphatic rings. The first-order valence-electron chi connectivity index (χ1n) is 6.77. The molecule has 4 rings (SSSR count). The monoisotopic (exact) mass is 220 g/mol. The maximum atomic E-state index is 11.8. The molecule has 0 aromatic carbocycles. The Labute approximate surface area is 96.6 Å². The molecule has 3 aliphatic carbocycles. The molecule has 1 N–H and O–H groups in total. The van der Waals surface area contributed by atoms with Crippen LogP contribution in [-0.2, 0) is 4.79 Å². The third-order valence-electron chi connectivity index (χ3n) is 5.56. The minimum Gasteiger partial charge on any atom is -0.344 e. The molecule has 4 fully saturated rings. The molecule has 0 aromatic rings. The van der Waals surface area contributed by atoms with Crippen molar-refractivity contribution in [3.63, 3.8) is 0 Å². The lowest BCUT2D eigenvalue weighted by atomic mass is 10.0. The van der Waals surface area contributed by atoms with Crippen molar-refractivity contribution in [2.45, 2.75) is 37.8 Å². The summed E-state index contributed by atoms with van der Waals surface area (Å²) in [4.78, 5) is 13.7. The summed E-state index contributed by atoms with van der Waals surface area (Å²) in [6, 6.07) is 0.840. The Hall–Kier alpha value is -0.570. The maximum absolute atomic E-state index is 11.8. The molecular weight excluding hydrogens is 200 g/mol. The number of hydrogen-bond donors (Lipinski definition) is 1. The van der Waals surface area contributed by atoms with Gasteiger partial charge < -0.3 is 10.2 Å². The first kappa shape index (κ1) is 9.46. The molecule has 1 amide bonds. The summed E-state index contributed by atoms with van der Waals surface area (Å²) in [5, 5.41) is 3.64. The lowest BCUT2D eigenvalue weighted by Crippen LogP contribution is -2.40. The van der Waals surface area contributed by atoms with Crippen molar-refractivity contribution < 1.29 is 4.79 Å². The van der Waals surface area contributed by atoms with Crippen LogP contribution in [0.2, 0.25) is 0 Å². The number of nitrogens with one attached hydrogen (secondary N) is 1. The van der Waals surface area contributed by atoms with Crippen molar-refractivity contribution in [3.05, 3.63) is 0 Å². The normalized spacial score (nSPS) is 53.6. The summed E-state index contributed by atoms with van der Waals surface area (Å²) < 4.78 is 0. The standard InChI is InChI=1S/C13H20N2O/c1-15-5-4-9(13(15)16)14-12-10-7-2-3-8(6-7)11(10)12/h7-12,14H,2-6H2,1H3. The van der Waals surface area contributed by atoms with Crippen molar-refractivity contribution >= 4 is 5.91 Å². The van der Waals surface area contributed by atoms with Crippen molar-refractivity contribution in [1.82, 2.24) is 10.2 Å². The highest BCUT2D eigenvalue weighted by Gasteiger charge is 2.65. The van der Waals surface area contributed by atoms with Crippen LogP contribution in [0.1, 0.15) is 25.7 Å². The van der Waals surface area contributed by atoms with Gasteiger partial charge in [0.1, 0.15) is 0 Å². The van der Waals surface area contributed by atoms with Gasteiger partial charge in [-0.2, -0.15) is 0 Å². The third-order valence-corrected chi connectivity index (χ3v) is 5.56. The number of carbonyl (C=O) groups is 1. The number of likely N-dealkylation sites (tertiary alicyclic amines) is 1. The van der Waals surface area contributed by atoms with Gasteiger partial charge in [0.2, 0.25) is 5.91 Å². The van der Waals surface area contributed by atoms with Gasteiger partial charge in [-0.15, -0.1) is 0 Å².